The van der Waals surface area contributed by atoms with Gasteiger partial charge >= 0.3 is 0 Å². The highest BCUT2D eigenvalue weighted by molar-refractivity contribution is 5.39. The van der Waals surface area contributed by atoms with E-state index in [0.717, 1.165) is 5.56 Å². The molecule has 2 rings (SSSR count). The van der Waals surface area contributed by atoms with Crippen LogP contribution in [0.3, 0.4) is 0 Å². The molecule has 7 nitrogen and oxygen atoms in total. The van der Waals surface area contributed by atoms with Gasteiger partial charge in [-0.1, -0.05) is 6.07 Å². The average Bonchev–Trinajstić information content (AvgIpc) is 2.49. The minimum Gasteiger partial charge on any atom is -0.496 e. The van der Waals surface area contributed by atoms with E-state index in [1.54, 1.807) is 18.2 Å². The van der Waals surface area contributed by atoms with Crippen LogP contribution in [0.25, 0.3) is 0 Å². The van der Waals surface area contributed by atoms with Gasteiger partial charge in [0.15, 0.2) is 0 Å². The monoisotopic (exact) mass is 300 g/mol. The molecule has 0 bridgehead atoms. The van der Waals surface area contributed by atoms with Gasteiger partial charge in [-0.2, -0.15) is 0 Å². The Bertz CT molecular complexity index is 476. The largest absolute Gasteiger partial charge is 0.496 e. The summed E-state index contributed by atoms with van der Waals surface area (Å²) < 4.78 is 15.9. The van der Waals surface area contributed by atoms with E-state index in [1.807, 2.05) is 6.92 Å². The normalized spacial score (nSPS) is 32.8. The predicted octanol–water partition coefficient (Wildman–Crippen LogP) is -0.818. The number of ether oxygens (including phenoxy) is 3. The molecule has 1 saturated heterocycles. The molecule has 1 heterocycles. The van der Waals surface area contributed by atoms with Gasteiger partial charge in [0.2, 0.25) is 6.29 Å². The van der Waals surface area contributed by atoms with Crippen molar-refractivity contribution >= 4 is 0 Å². The summed E-state index contributed by atoms with van der Waals surface area (Å²) in [5.74, 6) is 0.985. The van der Waals surface area contributed by atoms with Crippen molar-refractivity contribution < 1.29 is 34.6 Å². The zero-order chi connectivity index (χ0) is 15.6. The first-order valence-electron chi connectivity index (χ1n) is 6.59. The first kappa shape index (κ1) is 16.0. The van der Waals surface area contributed by atoms with Gasteiger partial charge in [0.25, 0.3) is 0 Å². The second-order valence-electron chi connectivity index (χ2n) is 4.95. The van der Waals surface area contributed by atoms with Gasteiger partial charge in [-0.15, -0.1) is 0 Å². The topological polar surface area (TPSA) is 109 Å². The van der Waals surface area contributed by atoms with E-state index in [2.05, 4.69) is 0 Å². The zero-order valence-electron chi connectivity index (χ0n) is 11.8. The Hall–Kier alpha value is -1.38. The van der Waals surface area contributed by atoms with Gasteiger partial charge < -0.3 is 34.6 Å². The summed E-state index contributed by atoms with van der Waals surface area (Å²) in [6.45, 7) is 1.37. The fourth-order valence-electron chi connectivity index (χ4n) is 2.17. The lowest BCUT2D eigenvalue weighted by Crippen LogP contribution is -2.60. The third-order valence-corrected chi connectivity index (χ3v) is 3.48. The lowest BCUT2D eigenvalue weighted by Gasteiger charge is -2.39. The lowest BCUT2D eigenvalue weighted by atomic mass is 9.99. The van der Waals surface area contributed by atoms with E-state index >= 15 is 0 Å². The minimum atomic E-state index is -1.46. The maximum atomic E-state index is 9.89. The molecule has 4 N–H and O–H groups in total. The number of hydrogen-bond acceptors (Lipinski definition) is 7. The van der Waals surface area contributed by atoms with Gasteiger partial charge in [0.05, 0.1) is 13.7 Å². The van der Waals surface area contributed by atoms with Crippen LogP contribution >= 0.6 is 0 Å². The second-order valence-corrected chi connectivity index (χ2v) is 4.95. The number of aliphatic hydroxyl groups excluding tert-OH is 4. The number of hydrogen-bond donors (Lipinski definition) is 4. The summed E-state index contributed by atoms with van der Waals surface area (Å²) >= 11 is 0. The van der Waals surface area contributed by atoms with E-state index in [9.17, 15) is 15.3 Å². The maximum absolute atomic E-state index is 9.89. The highest BCUT2D eigenvalue weighted by Gasteiger charge is 2.44. The molecule has 1 fully saturated rings. The third kappa shape index (κ3) is 3.28. The third-order valence-electron chi connectivity index (χ3n) is 3.48. The van der Waals surface area contributed by atoms with Crippen LogP contribution in [-0.2, 0) is 4.74 Å². The van der Waals surface area contributed by atoms with Crippen molar-refractivity contribution in [3.05, 3.63) is 23.8 Å². The number of aliphatic hydroxyl groups is 4. The summed E-state index contributed by atoms with van der Waals surface area (Å²) in [7, 11) is 1.53. The summed E-state index contributed by atoms with van der Waals surface area (Å²) in [5.41, 5.74) is 0.915. The number of methoxy groups -OCH3 is 1. The fraction of sp³-hybridized carbons (Fsp3) is 0.571. The molecule has 1 aliphatic rings. The van der Waals surface area contributed by atoms with Crippen molar-refractivity contribution in [2.75, 3.05) is 13.7 Å². The first-order chi connectivity index (χ1) is 9.97. The Kier molecular flexibility index (Phi) is 5.02. The van der Waals surface area contributed by atoms with Crippen molar-refractivity contribution in [1.29, 1.82) is 0 Å². The number of rotatable bonds is 4. The SMILES string of the molecule is COc1cc(O[C@@H]2O[C@H](CO)[C@@H](O)[C@H](O)[C@H]2O)ccc1C. The molecule has 0 spiro atoms. The van der Waals surface area contributed by atoms with Crippen LogP contribution < -0.4 is 9.47 Å². The molecule has 1 aromatic rings. The van der Waals surface area contributed by atoms with Crippen molar-refractivity contribution in [3.8, 4) is 11.5 Å². The number of benzene rings is 1. The minimum absolute atomic E-state index is 0.377. The van der Waals surface area contributed by atoms with E-state index in [1.165, 1.54) is 7.11 Å². The quantitative estimate of drug-likeness (QED) is 0.575. The van der Waals surface area contributed by atoms with Crippen LogP contribution in [-0.4, -0.2) is 64.8 Å². The summed E-state index contributed by atoms with van der Waals surface area (Å²) in [6.07, 6.45) is -6.51. The summed E-state index contributed by atoms with van der Waals surface area (Å²) in [4.78, 5) is 0. The molecular weight excluding hydrogens is 280 g/mol. The lowest BCUT2D eigenvalue weighted by molar-refractivity contribution is -0.277. The van der Waals surface area contributed by atoms with Crippen LogP contribution in [0.15, 0.2) is 18.2 Å². The molecule has 7 heteroatoms. The van der Waals surface area contributed by atoms with Crippen molar-refractivity contribution in [2.45, 2.75) is 37.6 Å². The van der Waals surface area contributed by atoms with Gasteiger partial charge in [0, 0.05) is 6.07 Å². The van der Waals surface area contributed by atoms with E-state index < -0.39 is 37.3 Å². The Morgan fingerprint density at radius 1 is 1.14 bits per heavy atom. The molecule has 0 aromatic heterocycles. The Labute approximate surface area is 122 Å². The summed E-state index contributed by atoms with van der Waals surface area (Å²) in [5, 5.41) is 38.4. The molecule has 5 atom stereocenters. The van der Waals surface area contributed by atoms with E-state index in [4.69, 9.17) is 19.3 Å². The zero-order valence-corrected chi connectivity index (χ0v) is 11.8. The Balaban J connectivity index is 2.14. The predicted molar refractivity (Wildman–Crippen MR) is 72.1 cm³/mol. The second kappa shape index (κ2) is 6.59. The fourth-order valence-corrected chi connectivity index (χ4v) is 2.17. The molecular formula is C14H20O7. The molecule has 0 amide bonds. The standard InChI is InChI=1S/C14H20O7/c1-7-3-4-8(5-9(7)19-2)20-14-13(18)12(17)11(16)10(6-15)21-14/h3-5,10-18H,6H2,1-2H3/t10-,11-,12+,13-,14-/m1/s1. The molecule has 1 aliphatic heterocycles. The highest BCUT2D eigenvalue weighted by atomic mass is 16.7. The van der Waals surface area contributed by atoms with Crippen molar-refractivity contribution in [2.24, 2.45) is 0 Å². The average molecular weight is 300 g/mol. The Morgan fingerprint density at radius 3 is 2.48 bits per heavy atom. The molecule has 0 unspecified atom stereocenters. The molecule has 1 aromatic carbocycles. The molecule has 0 saturated carbocycles. The van der Waals surface area contributed by atoms with Gasteiger partial charge in [0.1, 0.15) is 35.9 Å². The van der Waals surface area contributed by atoms with Crippen molar-refractivity contribution in [1.82, 2.24) is 0 Å². The van der Waals surface area contributed by atoms with E-state index in [-0.39, 0.29) is 0 Å². The van der Waals surface area contributed by atoms with Gasteiger partial charge in [-0.3, -0.25) is 0 Å². The van der Waals surface area contributed by atoms with Crippen LogP contribution in [0.1, 0.15) is 5.56 Å². The van der Waals surface area contributed by atoms with Crippen LogP contribution in [0.2, 0.25) is 0 Å². The molecule has 0 aliphatic carbocycles. The van der Waals surface area contributed by atoms with Crippen LogP contribution in [0.4, 0.5) is 0 Å². The maximum Gasteiger partial charge on any atom is 0.229 e. The van der Waals surface area contributed by atoms with Crippen molar-refractivity contribution in [3.63, 3.8) is 0 Å². The summed E-state index contributed by atoms with van der Waals surface area (Å²) in [6, 6.07) is 5.06. The molecule has 21 heavy (non-hydrogen) atoms. The van der Waals surface area contributed by atoms with Gasteiger partial charge in [-0.25, -0.2) is 0 Å². The molecule has 118 valence electrons. The number of aryl methyl sites for hydroxylation is 1. The van der Waals surface area contributed by atoms with E-state index in [0.29, 0.717) is 11.5 Å². The van der Waals surface area contributed by atoms with Gasteiger partial charge in [-0.05, 0) is 18.6 Å². The highest BCUT2D eigenvalue weighted by Crippen LogP contribution is 2.28. The smallest absolute Gasteiger partial charge is 0.229 e. The molecule has 0 radical (unpaired) electrons. The first-order valence-corrected chi connectivity index (χ1v) is 6.59. The van der Waals surface area contributed by atoms with Crippen LogP contribution in [0.5, 0.6) is 11.5 Å². The Morgan fingerprint density at radius 2 is 1.86 bits per heavy atom. The van der Waals surface area contributed by atoms with Crippen LogP contribution in [0, 0.1) is 6.92 Å².